The summed E-state index contributed by atoms with van der Waals surface area (Å²) in [5.74, 6) is 0. The Balaban J connectivity index is 3.43. The topological polar surface area (TPSA) is 42.2 Å². The van der Waals surface area contributed by atoms with Crippen molar-refractivity contribution in [2.24, 2.45) is 7.05 Å². The standard InChI is InChI=1S/C10H12F3NO2/c1-5-6(2)14(3)4-7(8(5)15)9(16)10(11,12)13/h4,9,16H,1-3H3. The number of aromatic nitrogens is 1. The molecule has 0 aliphatic carbocycles. The first-order valence-electron chi connectivity index (χ1n) is 4.57. The number of alkyl halides is 3. The molecule has 6 heteroatoms. The maximum atomic E-state index is 12.3. The van der Waals surface area contributed by atoms with E-state index in [1.54, 1.807) is 6.92 Å². The summed E-state index contributed by atoms with van der Waals surface area (Å²) < 4.78 is 38.2. The second kappa shape index (κ2) is 3.93. The molecule has 0 aliphatic heterocycles. The second-order valence-electron chi connectivity index (χ2n) is 3.68. The van der Waals surface area contributed by atoms with Gasteiger partial charge in [0.05, 0.1) is 5.56 Å². The van der Waals surface area contributed by atoms with Crippen LogP contribution in [0.2, 0.25) is 0 Å². The molecule has 0 bridgehead atoms. The molecule has 1 unspecified atom stereocenters. The average Bonchev–Trinajstić information content (AvgIpc) is 2.18. The Labute approximate surface area is 90.1 Å². The Hall–Kier alpha value is -1.30. The molecule has 1 N–H and O–H groups in total. The molecule has 0 radical (unpaired) electrons. The first-order valence-corrected chi connectivity index (χ1v) is 4.57. The van der Waals surface area contributed by atoms with Crippen LogP contribution in [0.5, 0.6) is 0 Å². The van der Waals surface area contributed by atoms with Crippen molar-refractivity contribution in [2.75, 3.05) is 0 Å². The third-order valence-electron chi connectivity index (χ3n) is 2.61. The number of halogens is 3. The number of nitrogens with zero attached hydrogens (tertiary/aromatic N) is 1. The molecule has 16 heavy (non-hydrogen) atoms. The van der Waals surface area contributed by atoms with Gasteiger partial charge in [0.2, 0.25) is 0 Å². The van der Waals surface area contributed by atoms with Gasteiger partial charge in [-0.2, -0.15) is 13.2 Å². The minimum atomic E-state index is -4.83. The van der Waals surface area contributed by atoms with E-state index in [2.05, 4.69) is 0 Å². The third kappa shape index (κ3) is 2.11. The summed E-state index contributed by atoms with van der Waals surface area (Å²) in [6, 6.07) is 0. The largest absolute Gasteiger partial charge is 0.418 e. The lowest BCUT2D eigenvalue weighted by molar-refractivity contribution is -0.207. The minimum Gasteiger partial charge on any atom is -0.379 e. The predicted molar refractivity (Wildman–Crippen MR) is 52.2 cm³/mol. The van der Waals surface area contributed by atoms with Crippen molar-refractivity contribution in [3.8, 4) is 0 Å². The molecule has 0 aromatic carbocycles. The lowest BCUT2D eigenvalue weighted by atomic mass is 10.1. The van der Waals surface area contributed by atoms with Gasteiger partial charge in [-0.15, -0.1) is 0 Å². The van der Waals surface area contributed by atoms with Crippen LogP contribution in [0, 0.1) is 13.8 Å². The number of aliphatic hydroxyl groups excluding tert-OH is 1. The number of aliphatic hydroxyl groups is 1. The summed E-state index contributed by atoms with van der Waals surface area (Å²) in [7, 11) is 1.52. The number of hydrogen-bond donors (Lipinski definition) is 1. The SMILES string of the molecule is Cc1c(C)n(C)cc(C(O)C(F)(F)F)c1=O. The Kier molecular flexibility index (Phi) is 3.14. The van der Waals surface area contributed by atoms with E-state index in [1.165, 1.54) is 18.5 Å². The third-order valence-corrected chi connectivity index (χ3v) is 2.61. The summed E-state index contributed by atoms with van der Waals surface area (Å²) in [5.41, 5.74) is -0.620. The van der Waals surface area contributed by atoms with Gasteiger partial charge < -0.3 is 9.67 Å². The molecule has 1 heterocycles. The fourth-order valence-corrected chi connectivity index (χ4v) is 1.38. The summed E-state index contributed by atoms with van der Waals surface area (Å²) in [4.78, 5) is 11.6. The average molecular weight is 235 g/mol. The first kappa shape index (κ1) is 12.8. The van der Waals surface area contributed by atoms with E-state index in [1.807, 2.05) is 0 Å². The van der Waals surface area contributed by atoms with Crippen molar-refractivity contribution in [1.82, 2.24) is 4.57 Å². The zero-order valence-electron chi connectivity index (χ0n) is 9.09. The van der Waals surface area contributed by atoms with Crippen molar-refractivity contribution in [3.63, 3.8) is 0 Å². The number of pyridine rings is 1. The monoisotopic (exact) mass is 235 g/mol. The molecule has 1 rings (SSSR count). The van der Waals surface area contributed by atoms with E-state index < -0.39 is 23.3 Å². The van der Waals surface area contributed by atoms with E-state index in [0.717, 1.165) is 6.20 Å². The fourth-order valence-electron chi connectivity index (χ4n) is 1.38. The zero-order chi connectivity index (χ0) is 12.7. The van der Waals surface area contributed by atoms with Crippen LogP contribution in [0.3, 0.4) is 0 Å². The predicted octanol–water partition coefficient (Wildman–Crippen LogP) is 1.60. The smallest absolute Gasteiger partial charge is 0.379 e. The van der Waals surface area contributed by atoms with Crippen molar-refractivity contribution >= 4 is 0 Å². The summed E-state index contributed by atoms with van der Waals surface area (Å²) in [5, 5.41) is 9.04. The van der Waals surface area contributed by atoms with Crippen LogP contribution >= 0.6 is 0 Å². The highest BCUT2D eigenvalue weighted by Crippen LogP contribution is 2.30. The lowest BCUT2D eigenvalue weighted by Crippen LogP contribution is -2.28. The Bertz CT molecular complexity index is 462. The van der Waals surface area contributed by atoms with Crippen molar-refractivity contribution < 1.29 is 18.3 Å². The van der Waals surface area contributed by atoms with E-state index in [0.29, 0.717) is 5.69 Å². The molecule has 1 aromatic rings. The normalized spacial score (nSPS) is 13.9. The first-order chi connectivity index (χ1) is 7.16. The van der Waals surface area contributed by atoms with Crippen molar-refractivity contribution in [2.45, 2.75) is 26.1 Å². The zero-order valence-corrected chi connectivity index (χ0v) is 9.09. The highest BCUT2D eigenvalue weighted by Gasteiger charge is 2.41. The number of aryl methyl sites for hydroxylation is 1. The number of rotatable bonds is 1. The summed E-state index contributed by atoms with van der Waals surface area (Å²) in [6.07, 6.45) is -6.54. The molecule has 0 spiro atoms. The molecule has 0 aliphatic rings. The summed E-state index contributed by atoms with van der Waals surface area (Å²) >= 11 is 0. The van der Waals surface area contributed by atoms with Crippen LogP contribution in [0.15, 0.2) is 11.0 Å². The Morgan fingerprint density at radius 2 is 1.88 bits per heavy atom. The van der Waals surface area contributed by atoms with Crippen molar-refractivity contribution in [3.05, 3.63) is 33.2 Å². The number of hydrogen-bond acceptors (Lipinski definition) is 2. The quantitative estimate of drug-likeness (QED) is 0.803. The maximum absolute atomic E-state index is 12.3. The van der Waals surface area contributed by atoms with E-state index in [-0.39, 0.29) is 5.56 Å². The van der Waals surface area contributed by atoms with E-state index >= 15 is 0 Å². The molecular weight excluding hydrogens is 223 g/mol. The van der Waals surface area contributed by atoms with Gasteiger partial charge in [-0.05, 0) is 13.8 Å². The highest BCUT2D eigenvalue weighted by molar-refractivity contribution is 5.26. The van der Waals surface area contributed by atoms with Gasteiger partial charge in [-0.1, -0.05) is 0 Å². The van der Waals surface area contributed by atoms with Crippen LogP contribution in [-0.2, 0) is 7.05 Å². The molecule has 90 valence electrons. The second-order valence-corrected chi connectivity index (χ2v) is 3.68. The molecule has 0 saturated carbocycles. The van der Waals surface area contributed by atoms with Crippen LogP contribution in [0.25, 0.3) is 0 Å². The van der Waals surface area contributed by atoms with Crippen molar-refractivity contribution in [1.29, 1.82) is 0 Å². The molecule has 3 nitrogen and oxygen atoms in total. The molecule has 1 atom stereocenters. The van der Waals surface area contributed by atoms with Crippen LogP contribution < -0.4 is 5.43 Å². The maximum Gasteiger partial charge on any atom is 0.418 e. The van der Waals surface area contributed by atoms with Gasteiger partial charge in [-0.25, -0.2) is 0 Å². The van der Waals surface area contributed by atoms with E-state index in [4.69, 9.17) is 5.11 Å². The van der Waals surface area contributed by atoms with Gasteiger partial charge in [0, 0.05) is 24.5 Å². The highest BCUT2D eigenvalue weighted by atomic mass is 19.4. The van der Waals surface area contributed by atoms with Gasteiger partial charge in [0.1, 0.15) is 0 Å². The molecule has 0 saturated heterocycles. The lowest BCUT2D eigenvalue weighted by Gasteiger charge is -2.17. The van der Waals surface area contributed by atoms with E-state index in [9.17, 15) is 18.0 Å². The van der Waals surface area contributed by atoms with Crippen LogP contribution in [0.4, 0.5) is 13.2 Å². The summed E-state index contributed by atoms with van der Waals surface area (Å²) in [6.45, 7) is 3.06. The van der Waals surface area contributed by atoms with Crippen LogP contribution in [-0.4, -0.2) is 15.8 Å². The van der Waals surface area contributed by atoms with Crippen LogP contribution in [0.1, 0.15) is 22.9 Å². The molecular formula is C10H12F3NO2. The molecule has 0 amide bonds. The van der Waals surface area contributed by atoms with Gasteiger partial charge in [0.25, 0.3) is 0 Å². The van der Waals surface area contributed by atoms with Gasteiger partial charge >= 0.3 is 6.18 Å². The molecule has 0 fully saturated rings. The van der Waals surface area contributed by atoms with Gasteiger partial charge in [-0.3, -0.25) is 4.79 Å². The Morgan fingerprint density at radius 1 is 1.38 bits per heavy atom. The van der Waals surface area contributed by atoms with Gasteiger partial charge in [0.15, 0.2) is 11.5 Å². The minimum absolute atomic E-state index is 0.211. The molecule has 1 aromatic heterocycles. The Morgan fingerprint density at radius 3 is 2.31 bits per heavy atom. The fraction of sp³-hybridized carbons (Fsp3) is 0.500.